The summed E-state index contributed by atoms with van der Waals surface area (Å²) < 4.78 is 25.3. The number of carbonyl (C=O) groups is 1. The van der Waals surface area contributed by atoms with Crippen molar-refractivity contribution in [3.8, 4) is 0 Å². The highest BCUT2D eigenvalue weighted by molar-refractivity contribution is 14.0. The molecule has 0 bridgehead atoms. The summed E-state index contributed by atoms with van der Waals surface area (Å²) in [6.07, 6.45) is 2.22. The second-order valence-electron chi connectivity index (χ2n) is 6.59. The number of hydrogen-bond donors (Lipinski definition) is 3. The highest BCUT2D eigenvalue weighted by atomic mass is 127. The van der Waals surface area contributed by atoms with Gasteiger partial charge in [-0.25, -0.2) is 18.1 Å². The molecule has 1 aromatic rings. The van der Waals surface area contributed by atoms with E-state index in [1.165, 1.54) is 0 Å². The third kappa shape index (κ3) is 8.87. The number of rotatable bonds is 10. The minimum Gasteiger partial charge on any atom is -0.357 e. The molecule has 8 nitrogen and oxygen atoms in total. The van der Waals surface area contributed by atoms with Crippen LogP contribution in [0.2, 0.25) is 0 Å². The standard InChI is InChI=1S/C19H31N5O3S.HI/c1-3-20-19(21-12-6-13-23-28(26,27)4-2)22-15-16-8-10-17(11-9-16)24-14-5-7-18(24)25;/h8-11,23H,3-7,12-15H2,1-2H3,(H2,20,21,22);1H. The van der Waals surface area contributed by atoms with Gasteiger partial charge >= 0.3 is 0 Å². The Morgan fingerprint density at radius 3 is 2.45 bits per heavy atom. The third-order valence-electron chi connectivity index (χ3n) is 4.43. The molecule has 0 unspecified atom stereocenters. The molecule has 0 radical (unpaired) electrons. The van der Waals surface area contributed by atoms with E-state index >= 15 is 0 Å². The molecule has 3 N–H and O–H groups in total. The summed E-state index contributed by atoms with van der Waals surface area (Å²) >= 11 is 0. The van der Waals surface area contributed by atoms with E-state index in [-0.39, 0.29) is 35.6 Å². The van der Waals surface area contributed by atoms with E-state index in [0.29, 0.717) is 38.4 Å². The Labute approximate surface area is 191 Å². The van der Waals surface area contributed by atoms with Crippen molar-refractivity contribution in [3.63, 3.8) is 0 Å². The number of anilines is 1. The maximum atomic E-state index is 11.8. The summed E-state index contributed by atoms with van der Waals surface area (Å²) in [5.74, 6) is 0.972. The molecule has 1 fully saturated rings. The third-order valence-corrected chi connectivity index (χ3v) is 5.84. The molecule has 0 aliphatic carbocycles. The van der Waals surface area contributed by atoms with Crippen molar-refractivity contribution in [2.75, 3.05) is 36.8 Å². The fraction of sp³-hybridized carbons (Fsp3) is 0.579. The number of guanidine groups is 1. The van der Waals surface area contributed by atoms with Gasteiger partial charge in [0.05, 0.1) is 12.3 Å². The van der Waals surface area contributed by atoms with Crippen molar-refractivity contribution in [1.82, 2.24) is 15.4 Å². The molecule has 164 valence electrons. The Hall–Kier alpha value is -1.40. The van der Waals surface area contributed by atoms with Gasteiger partial charge in [-0.1, -0.05) is 12.1 Å². The van der Waals surface area contributed by atoms with E-state index < -0.39 is 10.0 Å². The van der Waals surface area contributed by atoms with Gasteiger partial charge in [-0.05, 0) is 44.4 Å². The van der Waals surface area contributed by atoms with Crippen LogP contribution in [-0.2, 0) is 21.4 Å². The second-order valence-corrected chi connectivity index (χ2v) is 8.68. The first kappa shape index (κ1) is 25.6. The van der Waals surface area contributed by atoms with Crippen molar-refractivity contribution in [2.45, 2.75) is 39.7 Å². The molecular weight excluding hydrogens is 505 g/mol. The first-order valence-corrected chi connectivity index (χ1v) is 11.5. The van der Waals surface area contributed by atoms with Gasteiger partial charge in [0, 0.05) is 38.3 Å². The van der Waals surface area contributed by atoms with E-state index in [1.807, 2.05) is 36.1 Å². The minimum absolute atomic E-state index is 0. The van der Waals surface area contributed by atoms with E-state index in [0.717, 1.165) is 30.8 Å². The van der Waals surface area contributed by atoms with Crippen LogP contribution in [0.5, 0.6) is 0 Å². The Kier molecular flexibility index (Phi) is 11.5. The molecular formula is C19H32IN5O3S. The van der Waals surface area contributed by atoms with Gasteiger partial charge in [0.2, 0.25) is 15.9 Å². The lowest BCUT2D eigenvalue weighted by Gasteiger charge is -2.16. The van der Waals surface area contributed by atoms with Gasteiger partial charge in [-0.3, -0.25) is 4.79 Å². The average molecular weight is 537 g/mol. The van der Waals surface area contributed by atoms with Crippen molar-refractivity contribution < 1.29 is 13.2 Å². The van der Waals surface area contributed by atoms with Gasteiger partial charge in [-0.15, -0.1) is 24.0 Å². The predicted molar refractivity (Wildman–Crippen MR) is 128 cm³/mol. The lowest BCUT2D eigenvalue weighted by Crippen LogP contribution is -2.38. The normalized spacial score (nSPS) is 14.6. The highest BCUT2D eigenvalue weighted by Crippen LogP contribution is 2.21. The zero-order valence-electron chi connectivity index (χ0n) is 17.1. The Bertz CT molecular complexity index is 769. The molecule has 1 heterocycles. The minimum atomic E-state index is -3.14. The van der Waals surface area contributed by atoms with Crippen LogP contribution in [0.25, 0.3) is 0 Å². The van der Waals surface area contributed by atoms with Gasteiger partial charge < -0.3 is 15.5 Å². The summed E-state index contributed by atoms with van der Waals surface area (Å²) in [6.45, 7) is 6.68. The fourth-order valence-electron chi connectivity index (χ4n) is 2.84. The number of amides is 1. The second kappa shape index (κ2) is 13.0. The summed E-state index contributed by atoms with van der Waals surface area (Å²) in [5.41, 5.74) is 2.00. The molecule has 1 saturated heterocycles. The Morgan fingerprint density at radius 2 is 1.86 bits per heavy atom. The molecule has 0 aromatic heterocycles. The first-order chi connectivity index (χ1) is 13.4. The first-order valence-electron chi connectivity index (χ1n) is 9.84. The largest absolute Gasteiger partial charge is 0.357 e. The van der Waals surface area contributed by atoms with Gasteiger partial charge in [-0.2, -0.15) is 0 Å². The van der Waals surface area contributed by atoms with Crippen LogP contribution in [-0.4, -0.2) is 52.2 Å². The van der Waals surface area contributed by atoms with Gasteiger partial charge in [0.25, 0.3) is 0 Å². The van der Waals surface area contributed by atoms with Gasteiger partial charge in [0.1, 0.15) is 0 Å². The van der Waals surface area contributed by atoms with E-state index in [2.05, 4.69) is 20.3 Å². The summed E-state index contributed by atoms with van der Waals surface area (Å²) in [6, 6.07) is 7.92. The van der Waals surface area contributed by atoms with E-state index in [9.17, 15) is 13.2 Å². The fourth-order valence-corrected chi connectivity index (χ4v) is 3.50. The lowest BCUT2D eigenvalue weighted by atomic mass is 10.2. The molecule has 1 amide bonds. The number of carbonyl (C=O) groups excluding carboxylic acids is 1. The summed E-state index contributed by atoms with van der Waals surface area (Å²) in [5, 5.41) is 6.39. The number of sulfonamides is 1. The average Bonchev–Trinajstić information content (AvgIpc) is 3.12. The molecule has 29 heavy (non-hydrogen) atoms. The smallest absolute Gasteiger partial charge is 0.227 e. The SMILES string of the molecule is CCNC(=NCc1ccc(N2CCCC2=O)cc1)NCCCNS(=O)(=O)CC.I. The summed E-state index contributed by atoms with van der Waals surface area (Å²) in [7, 11) is -3.14. The van der Waals surface area contributed by atoms with Crippen molar-refractivity contribution >= 4 is 51.6 Å². The molecule has 0 spiro atoms. The zero-order valence-corrected chi connectivity index (χ0v) is 20.3. The van der Waals surface area contributed by atoms with Crippen LogP contribution in [0.3, 0.4) is 0 Å². The van der Waals surface area contributed by atoms with E-state index in [1.54, 1.807) is 6.92 Å². The molecule has 10 heteroatoms. The van der Waals surface area contributed by atoms with Crippen molar-refractivity contribution in [3.05, 3.63) is 29.8 Å². The maximum absolute atomic E-state index is 11.8. The Morgan fingerprint density at radius 1 is 1.14 bits per heavy atom. The molecule has 1 aliphatic heterocycles. The molecule has 0 atom stereocenters. The number of hydrogen-bond acceptors (Lipinski definition) is 4. The maximum Gasteiger partial charge on any atom is 0.227 e. The molecule has 2 rings (SSSR count). The predicted octanol–water partition coefficient (Wildman–Crippen LogP) is 1.82. The monoisotopic (exact) mass is 537 g/mol. The van der Waals surface area contributed by atoms with Crippen molar-refractivity contribution in [1.29, 1.82) is 0 Å². The van der Waals surface area contributed by atoms with Crippen LogP contribution in [0.4, 0.5) is 5.69 Å². The molecule has 1 aliphatic rings. The topological polar surface area (TPSA) is 103 Å². The van der Waals surface area contributed by atoms with Crippen LogP contribution in [0.1, 0.15) is 38.7 Å². The van der Waals surface area contributed by atoms with E-state index in [4.69, 9.17) is 0 Å². The highest BCUT2D eigenvalue weighted by Gasteiger charge is 2.21. The van der Waals surface area contributed by atoms with Crippen LogP contribution >= 0.6 is 24.0 Å². The lowest BCUT2D eigenvalue weighted by molar-refractivity contribution is -0.117. The van der Waals surface area contributed by atoms with Crippen molar-refractivity contribution in [2.24, 2.45) is 4.99 Å². The number of benzene rings is 1. The number of aliphatic imine (C=N–C) groups is 1. The zero-order chi connectivity index (χ0) is 20.4. The Balaban J connectivity index is 0.00000420. The van der Waals surface area contributed by atoms with Crippen LogP contribution in [0, 0.1) is 0 Å². The number of halogens is 1. The molecule has 1 aromatic carbocycles. The quantitative estimate of drug-likeness (QED) is 0.183. The number of nitrogens with one attached hydrogen (secondary N) is 3. The van der Waals surface area contributed by atoms with Gasteiger partial charge in [0.15, 0.2) is 5.96 Å². The summed E-state index contributed by atoms with van der Waals surface area (Å²) in [4.78, 5) is 18.2. The number of nitrogens with zero attached hydrogens (tertiary/aromatic N) is 2. The van der Waals surface area contributed by atoms with Crippen LogP contribution in [0.15, 0.2) is 29.3 Å². The van der Waals surface area contributed by atoms with Crippen LogP contribution < -0.4 is 20.3 Å². The molecule has 0 saturated carbocycles.